The zero-order chi connectivity index (χ0) is 22.4. The highest BCUT2D eigenvalue weighted by atomic mass is 16.2. The SMILES string of the molecule is CCNC(=O)C(C)N(CCc1ccccc1)C(=O)CCN1C(=O)[C@H]2CC=CC[C@H]2C1=O. The molecule has 1 heterocycles. The van der Waals surface area contributed by atoms with E-state index in [9.17, 15) is 19.2 Å². The van der Waals surface area contributed by atoms with Crippen molar-refractivity contribution in [3.63, 3.8) is 0 Å². The summed E-state index contributed by atoms with van der Waals surface area (Å²) in [5, 5.41) is 2.77. The van der Waals surface area contributed by atoms with Gasteiger partial charge in [0.25, 0.3) is 0 Å². The molecule has 0 radical (unpaired) electrons. The molecule has 4 amide bonds. The molecule has 1 unspecified atom stereocenters. The Hall–Kier alpha value is -2.96. The van der Waals surface area contributed by atoms with Gasteiger partial charge in [0.1, 0.15) is 6.04 Å². The zero-order valence-electron chi connectivity index (χ0n) is 18.3. The number of imide groups is 1. The Morgan fingerprint density at radius 3 is 2.29 bits per heavy atom. The van der Waals surface area contributed by atoms with Gasteiger partial charge in [-0.1, -0.05) is 42.5 Å². The minimum atomic E-state index is -0.632. The lowest BCUT2D eigenvalue weighted by molar-refractivity contribution is -0.143. The molecule has 1 saturated heterocycles. The number of likely N-dealkylation sites (N-methyl/N-ethyl adjacent to an activating group) is 1. The van der Waals surface area contributed by atoms with Crippen LogP contribution in [0, 0.1) is 11.8 Å². The van der Waals surface area contributed by atoms with Crippen molar-refractivity contribution in [3.8, 4) is 0 Å². The number of hydrogen-bond donors (Lipinski definition) is 1. The van der Waals surface area contributed by atoms with Crippen molar-refractivity contribution in [1.82, 2.24) is 15.1 Å². The van der Waals surface area contributed by atoms with E-state index < -0.39 is 6.04 Å². The summed E-state index contributed by atoms with van der Waals surface area (Å²) in [5.41, 5.74) is 1.07. The lowest BCUT2D eigenvalue weighted by Crippen LogP contribution is -2.49. The topological polar surface area (TPSA) is 86.8 Å². The average molecular weight is 426 g/mol. The largest absolute Gasteiger partial charge is 0.355 e. The van der Waals surface area contributed by atoms with Gasteiger partial charge in [-0.05, 0) is 38.7 Å². The molecule has 0 spiro atoms. The maximum Gasteiger partial charge on any atom is 0.242 e. The highest BCUT2D eigenvalue weighted by molar-refractivity contribution is 6.05. The van der Waals surface area contributed by atoms with E-state index in [1.165, 1.54) is 4.90 Å². The molecular formula is C24H31N3O4. The van der Waals surface area contributed by atoms with Gasteiger partial charge in [-0.3, -0.25) is 24.1 Å². The molecule has 1 fully saturated rings. The molecule has 1 aliphatic carbocycles. The molecule has 7 heteroatoms. The normalized spacial score (nSPS) is 21.0. The summed E-state index contributed by atoms with van der Waals surface area (Å²) < 4.78 is 0. The van der Waals surface area contributed by atoms with E-state index in [-0.39, 0.29) is 48.4 Å². The molecular weight excluding hydrogens is 394 g/mol. The second kappa shape index (κ2) is 10.4. The standard InChI is InChI=1S/C24H31N3O4/c1-3-25-22(29)17(2)26(15-13-18-9-5-4-6-10-18)21(28)14-16-27-23(30)19-11-7-8-12-20(19)24(27)31/h4-10,17,19-20H,3,11-16H2,1-2H3,(H,25,29)/t17?,19-,20+. The molecule has 0 aromatic heterocycles. The van der Waals surface area contributed by atoms with Crippen molar-refractivity contribution in [2.24, 2.45) is 11.8 Å². The first kappa shape index (κ1) is 22.7. The Morgan fingerprint density at radius 2 is 1.71 bits per heavy atom. The molecule has 1 aromatic carbocycles. The van der Waals surface area contributed by atoms with Gasteiger partial charge in [0.15, 0.2) is 0 Å². The number of nitrogens with one attached hydrogen (secondary N) is 1. The summed E-state index contributed by atoms with van der Waals surface area (Å²) in [6.45, 7) is 4.48. The fourth-order valence-corrected chi connectivity index (χ4v) is 4.33. The summed E-state index contributed by atoms with van der Waals surface area (Å²) in [7, 11) is 0. The maximum absolute atomic E-state index is 13.1. The van der Waals surface area contributed by atoms with Gasteiger partial charge in [0.05, 0.1) is 11.8 Å². The van der Waals surface area contributed by atoms with E-state index in [4.69, 9.17) is 0 Å². The Balaban J connectivity index is 1.65. The van der Waals surface area contributed by atoms with Crippen molar-refractivity contribution >= 4 is 23.6 Å². The maximum atomic E-state index is 13.1. The highest BCUT2D eigenvalue weighted by Gasteiger charge is 2.47. The zero-order valence-corrected chi connectivity index (χ0v) is 18.3. The van der Waals surface area contributed by atoms with Crippen molar-refractivity contribution < 1.29 is 19.2 Å². The van der Waals surface area contributed by atoms with E-state index in [1.54, 1.807) is 11.8 Å². The quantitative estimate of drug-likeness (QED) is 0.484. The lowest BCUT2D eigenvalue weighted by atomic mass is 9.85. The van der Waals surface area contributed by atoms with E-state index in [0.717, 1.165) is 5.56 Å². The molecule has 0 saturated carbocycles. The predicted octanol–water partition coefficient (Wildman–Crippen LogP) is 1.92. The number of fused-ring (bicyclic) bond motifs is 1. The van der Waals surface area contributed by atoms with Gasteiger partial charge in [0, 0.05) is 26.1 Å². The van der Waals surface area contributed by atoms with Crippen molar-refractivity contribution in [2.75, 3.05) is 19.6 Å². The van der Waals surface area contributed by atoms with Gasteiger partial charge in [-0.2, -0.15) is 0 Å². The van der Waals surface area contributed by atoms with Crippen LogP contribution in [-0.4, -0.2) is 59.1 Å². The first-order valence-corrected chi connectivity index (χ1v) is 11.0. The summed E-state index contributed by atoms with van der Waals surface area (Å²) in [4.78, 5) is 53.6. The number of amides is 4. The fraction of sp³-hybridized carbons (Fsp3) is 0.500. The number of benzene rings is 1. The smallest absolute Gasteiger partial charge is 0.242 e. The highest BCUT2D eigenvalue weighted by Crippen LogP contribution is 2.35. The average Bonchev–Trinajstić information content (AvgIpc) is 3.03. The number of carbonyl (C=O) groups is 4. The van der Waals surface area contributed by atoms with Gasteiger partial charge >= 0.3 is 0 Å². The van der Waals surface area contributed by atoms with Crippen LogP contribution >= 0.6 is 0 Å². The number of rotatable bonds is 9. The van der Waals surface area contributed by atoms with Crippen LogP contribution in [0.25, 0.3) is 0 Å². The first-order chi connectivity index (χ1) is 14.9. The third kappa shape index (κ3) is 5.21. The van der Waals surface area contributed by atoms with Crippen molar-refractivity contribution in [1.29, 1.82) is 0 Å². The van der Waals surface area contributed by atoms with E-state index in [0.29, 0.717) is 32.4 Å². The molecule has 0 bridgehead atoms. The van der Waals surface area contributed by atoms with E-state index in [2.05, 4.69) is 5.32 Å². The van der Waals surface area contributed by atoms with E-state index in [1.807, 2.05) is 49.4 Å². The molecule has 2 aliphatic rings. The Bertz CT molecular complexity index is 826. The first-order valence-electron chi connectivity index (χ1n) is 11.0. The van der Waals surface area contributed by atoms with Gasteiger partial charge in [-0.25, -0.2) is 0 Å². The van der Waals surface area contributed by atoms with Crippen LogP contribution in [0.4, 0.5) is 0 Å². The van der Waals surface area contributed by atoms with Crippen LogP contribution in [0.5, 0.6) is 0 Å². The van der Waals surface area contributed by atoms with Gasteiger partial charge in [-0.15, -0.1) is 0 Å². The summed E-state index contributed by atoms with van der Waals surface area (Å²) >= 11 is 0. The Morgan fingerprint density at radius 1 is 1.10 bits per heavy atom. The molecule has 1 aromatic rings. The van der Waals surface area contributed by atoms with Crippen LogP contribution < -0.4 is 5.32 Å². The lowest BCUT2D eigenvalue weighted by Gasteiger charge is -2.29. The van der Waals surface area contributed by atoms with Crippen LogP contribution in [0.1, 0.15) is 38.7 Å². The molecule has 1 aliphatic heterocycles. The van der Waals surface area contributed by atoms with Gasteiger partial charge in [0.2, 0.25) is 23.6 Å². The summed E-state index contributed by atoms with van der Waals surface area (Å²) in [6.07, 6.45) is 5.69. The predicted molar refractivity (Wildman–Crippen MR) is 117 cm³/mol. The monoisotopic (exact) mass is 425 g/mol. The Labute approximate surface area is 183 Å². The number of carbonyl (C=O) groups excluding carboxylic acids is 4. The summed E-state index contributed by atoms with van der Waals surface area (Å²) in [5.74, 6) is -1.40. The van der Waals surface area contributed by atoms with Crippen LogP contribution in [0.15, 0.2) is 42.5 Å². The minimum absolute atomic E-state index is 0.0167. The number of hydrogen-bond acceptors (Lipinski definition) is 4. The summed E-state index contributed by atoms with van der Waals surface area (Å²) in [6, 6.07) is 9.14. The van der Waals surface area contributed by atoms with Gasteiger partial charge < -0.3 is 10.2 Å². The van der Waals surface area contributed by atoms with Crippen LogP contribution in [-0.2, 0) is 25.6 Å². The molecule has 3 rings (SSSR count). The molecule has 31 heavy (non-hydrogen) atoms. The van der Waals surface area contributed by atoms with Crippen molar-refractivity contribution in [2.45, 2.75) is 45.6 Å². The van der Waals surface area contributed by atoms with Crippen LogP contribution in [0.2, 0.25) is 0 Å². The number of allylic oxidation sites excluding steroid dienone is 2. The second-order valence-electron chi connectivity index (χ2n) is 8.13. The van der Waals surface area contributed by atoms with Crippen LogP contribution in [0.3, 0.4) is 0 Å². The molecule has 166 valence electrons. The number of likely N-dealkylation sites (tertiary alicyclic amines) is 1. The minimum Gasteiger partial charge on any atom is -0.355 e. The third-order valence-electron chi connectivity index (χ3n) is 6.15. The molecule has 1 N–H and O–H groups in total. The second-order valence-corrected chi connectivity index (χ2v) is 8.13. The molecule has 7 nitrogen and oxygen atoms in total. The molecule has 3 atom stereocenters. The third-order valence-corrected chi connectivity index (χ3v) is 6.15. The number of nitrogens with zero attached hydrogens (tertiary/aromatic N) is 2. The van der Waals surface area contributed by atoms with E-state index >= 15 is 0 Å². The Kier molecular flexibility index (Phi) is 7.60. The van der Waals surface area contributed by atoms with Crippen molar-refractivity contribution in [3.05, 3.63) is 48.0 Å². The fourth-order valence-electron chi connectivity index (χ4n) is 4.33.